The summed E-state index contributed by atoms with van der Waals surface area (Å²) in [7, 11) is 0. The summed E-state index contributed by atoms with van der Waals surface area (Å²) in [5.41, 5.74) is 1.23. The fraction of sp³-hybridized carbons (Fsp3) is 0.538. The van der Waals surface area contributed by atoms with Gasteiger partial charge in [-0.3, -0.25) is 0 Å². The molecule has 16 heavy (non-hydrogen) atoms. The molecule has 0 atom stereocenters. The monoisotopic (exact) mass is 283 g/mol. The molecule has 1 saturated carbocycles. The minimum atomic E-state index is 0.802. The molecule has 2 rings (SSSR count). The molecule has 1 aromatic carbocycles. The summed E-state index contributed by atoms with van der Waals surface area (Å²) in [5, 5.41) is 3.33. The van der Waals surface area contributed by atoms with Crippen LogP contribution in [0.15, 0.2) is 22.7 Å². The van der Waals surface area contributed by atoms with Crippen LogP contribution in [0.4, 0.5) is 0 Å². The van der Waals surface area contributed by atoms with Gasteiger partial charge in [0.05, 0.1) is 6.61 Å². The highest BCUT2D eigenvalue weighted by molar-refractivity contribution is 9.10. The second-order valence-electron chi connectivity index (χ2n) is 4.29. The molecular formula is C13H18BrNO. The normalized spacial score (nSPS) is 15.1. The molecular weight excluding hydrogens is 266 g/mol. The van der Waals surface area contributed by atoms with Crippen LogP contribution < -0.4 is 10.1 Å². The minimum Gasteiger partial charge on any atom is -0.493 e. The Kier molecular flexibility index (Phi) is 4.24. The summed E-state index contributed by atoms with van der Waals surface area (Å²) in [6, 6.07) is 6.22. The third kappa shape index (κ3) is 3.49. The van der Waals surface area contributed by atoms with Crippen LogP contribution in [0.3, 0.4) is 0 Å². The highest BCUT2D eigenvalue weighted by atomic mass is 79.9. The van der Waals surface area contributed by atoms with Crippen LogP contribution in [-0.2, 0) is 6.54 Å². The van der Waals surface area contributed by atoms with E-state index in [1.807, 2.05) is 6.07 Å². The maximum atomic E-state index is 5.85. The molecule has 3 heteroatoms. The number of halogens is 1. The lowest BCUT2D eigenvalue weighted by molar-refractivity contribution is 0.296. The topological polar surface area (TPSA) is 21.3 Å². The fourth-order valence-corrected chi connectivity index (χ4v) is 1.99. The summed E-state index contributed by atoms with van der Waals surface area (Å²) in [4.78, 5) is 0. The first-order valence-corrected chi connectivity index (χ1v) is 6.71. The van der Waals surface area contributed by atoms with Gasteiger partial charge in [-0.2, -0.15) is 0 Å². The molecule has 0 heterocycles. The Morgan fingerprint density at radius 2 is 2.25 bits per heavy atom. The van der Waals surface area contributed by atoms with Crippen molar-refractivity contribution in [1.29, 1.82) is 0 Å². The van der Waals surface area contributed by atoms with E-state index in [4.69, 9.17) is 4.74 Å². The van der Waals surface area contributed by atoms with Gasteiger partial charge < -0.3 is 10.1 Å². The summed E-state index contributed by atoms with van der Waals surface area (Å²) >= 11 is 3.50. The molecule has 0 aliphatic heterocycles. The average molecular weight is 284 g/mol. The lowest BCUT2D eigenvalue weighted by Gasteiger charge is -2.12. The zero-order valence-electron chi connectivity index (χ0n) is 9.63. The number of ether oxygens (including phenoxy) is 1. The van der Waals surface area contributed by atoms with Crippen molar-refractivity contribution in [2.45, 2.75) is 26.3 Å². The second-order valence-corrected chi connectivity index (χ2v) is 5.20. The van der Waals surface area contributed by atoms with E-state index in [0.29, 0.717) is 0 Å². The Morgan fingerprint density at radius 3 is 2.94 bits per heavy atom. The summed E-state index contributed by atoms with van der Waals surface area (Å²) in [6.07, 6.45) is 2.66. The van der Waals surface area contributed by atoms with E-state index in [2.05, 4.69) is 40.3 Å². The third-order valence-corrected chi connectivity index (χ3v) is 3.25. The maximum absolute atomic E-state index is 5.85. The molecule has 0 bridgehead atoms. The molecule has 0 unspecified atom stereocenters. The van der Waals surface area contributed by atoms with Gasteiger partial charge in [0.15, 0.2) is 0 Å². The van der Waals surface area contributed by atoms with Crippen molar-refractivity contribution in [1.82, 2.24) is 5.32 Å². The molecule has 0 radical (unpaired) electrons. The van der Waals surface area contributed by atoms with Crippen molar-refractivity contribution in [2.75, 3.05) is 13.2 Å². The molecule has 2 nitrogen and oxygen atoms in total. The summed E-state index contributed by atoms with van der Waals surface area (Å²) in [5.74, 6) is 1.83. The molecule has 1 aromatic rings. The lowest BCUT2D eigenvalue weighted by atomic mass is 10.2. The van der Waals surface area contributed by atoms with Crippen molar-refractivity contribution in [2.24, 2.45) is 5.92 Å². The van der Waals surface area contributed by atoms with Crippen molar-refractivity contribution in [3.8, 4) is 5.75 Å². The summed E-state index contributed by atoms with van der Waals surface area (Å²) in [6.45, 7) is 4.84. The van der Waals surface area contributed by atoms with Gasteiger partial charge in [-0.15, -0.1) is 0 Å². The van der Waals surface area contributed by atoms with Crippen LogP contribution in [0.25, 0.3) is 0 Å². The Hall–Kier alpha value is -0.540. The second kappa shape index (κ2) is 5.69. The largest absolute Gasteiger partial charge is 0.493 e. The average Bonchev–Trinajstić information content (AvgIpc) is 3.09. The fourth-order valence-electron chi connectivity index (χ4n) is 1.58. The Bertz CT molecular complexity index is 350. The third-order valence-electron chi connectivity index (χ3n) is 2.76. The van der Waals surface area contributed by atoms with Crippen molar-refractivity contribution < 1.29 is 4.74 Å². The van der Waals surface area contributed by atoms with Gasteiger partial charge in [0.25, 0.3) is 0 Å². The number of hydrogen-bond acceptors (Lipinski definition) is 2. The molecule has 1 aliphatic rings. The van der Waals surface area contributed by atoms with Crippen molar-refractivity contribution >= 4 is 15.9 Å². The quantitative estimate of drug-likeness (QED) is 0.865. The van der Waals surface area contributed by atoms with Gasteiger partial charge in [-0.1, -0.05) is 22.9 Å². The lowest BCUT2D eigenvalue weighted by Crippen LogP contribution is -2.13. The van der Waals surface area contributed by atoms with Crippen LogP contribution in [0, 0.1) is 5.92 Å². The van der Waals surface area contributed by atoms with E-state index in [1.54, 1.807) is 0 Å². The smallest absolute Gasteiger partial charge is 0.123 e. The zero-order valence-corrected chi connectivity index (χ0v) is 11.2. The van der Waals surface area contributed by atoms with Gasteiger partial charge in [-0.25, -0.2) is 0 Å². The molecule has 0 saturated heterocycles. The number of nitrogens with one attached hydrogen (secondary N) is 1. The van der Waals surface area contributed by atoms with Gasteiger partial charge in [0.2, 0.25) is 0 Å². The number of rotatable bonds is 6. The van der Waals surface area contributed by atoms with Gasteiger partial charge in [-0.05, 0) is 43.5 Å². The Morgan fingerprint density at radius 1 is 1.44 bits per heavy atom. The first kappa shape index (κ1) is 11.9. The van der Waals surface area contributed by atoms with E-state index < -0.39 is 0 Å². The Balaban J connectivity index is 2.00. The molecule has 0 aromatic heterocycles. The maximum Gasteiger partial charge on any atom is 0.123 e. The van der Waals surface area contributed by atoms with Crippen LogP contribution in [0.1, 0.15) is 25.3 Å². The van der Waals surface area contributed by atoms with Crippen molar-refractivity contribution in [3.05, 3.63) is 28.2 Å². The molecule has 0 amide bonds. The van der Waals surface area contributed by atoms with Crippen LogP contribution >= 0.6 is 15.9 Å². The zero-order chi connectivity index (χ0) is 11.4. The molecule has 1 fully saturated rings. The SMILES string of the molecule is CCNCc1cc(Br)ccc1OCC1CC1. The molecule has 1 N–H and O–H groups in total. The standard InChI is InChI=1S/C13H18BrNO/c1-2-15-8-11-7-12(14)5-6-13(11)16-9-10-3-4-10/h5-7,10,15H,2-4,8-9H2,1H3. The molecule has 0 spiro atoms. The summed E-state index contributed by atoms with van der Waals surface area (Å²) < 4.78 is 6.96. The van der Waals surface area contributed by atoms with Crippen LogP contribution in [-0.4, -0.2) is 13.2 Å². The van der Waals surface area contributed by atoms with Gasteiger partial charge in [0.1, 0.15) is 5.75 Å². The first-order chi connectivity index (χ1) is 7.79. The van der Waals surface area contributed by atoms with E-state index in [0.717, 1.165) is 35.8 Å². The van der Waals surface area contributed by atoms with Crippen molar-refractivity contribution in [3.63, 3.8) is 0 Å². The van der Waals surface area contributed by atoms with E-state index >= 15 is 0 Å². The molecule has 1 aliphatic carbocycles. The highest BCUT2D eigenvalue weighted by Crippen LogP contribution is 2.31. The predicted molar refractivity (Wildman–Crippen MR) is 69.7 cm³/mol. The van der Waals surface area contributed by atoms with Gasteiger partial charge in [0, 0.05) is 16.6 Å². The highest BCUT2D eigenvalue weighted by Gasteiger charge is 2.22. The Labute approximate surface area is 106 Å². The number of benzene rings is 1. The van der Waals surface area contributed by atoms with E-state index in [1.165, 1.54) is 18.4 Å². The van der Waals surface area contributed by atoms with E-state index in [-0.39, 0.29) is 0 Å². The van der Waals surface area contributed by atoms with Gasteiger partial charge >= 0.3 is 0 Å². The van der Waals surface area contributed by atoms with Crippen LogP contribution in [0.2, 0.25) is 0 Å². The molecule has 88 valence electrons. The first-order valence-electron chi connectivity index (χ1n) is 5.91. The van der Waals surface area contributed by atoms with Crippen LogP contribution in [0.5, 0.6) is 5.75 Å². The number of hydrogen-bond donors (Lipinski definition) is 1. The predicted octanol–water partition coefficient (Wildman–Crippen LogP) is 3.35. The van der Waals surface area contributed by atoms with E-state index in [9.17, 15) is 0 Å². The minimum absolute atomic E-state index is 0.802.